The van der Waals surface area contributed by atoms with E-state index in [1.54, 1.807) is 27.7 Å². The van der Waals surface area contributed by atoms with Gasteiger partial charge in [0.05, 0.1) is 0 Å². The molecule has 1 fully saturated rings. The molecule has 0 aliphatic carbocycles. The minimum Gasteiger partial charge on any atom is -0.435 e. The Kier molecular flexibility index (Phi) is 5.39. The average molecular weight is 413 g/mol. The highest BCUT2D eigenvalue weighted by atomic mass is 19.3. The summed E-state index contributed by atoms with van der Waals surface area (Å²) in [5, 5.41) is 3.80. The number of hydrogen-bond donors (Lipinski definition) is 1. The van der Waals surface area contributed by atoms with Gasteiger partial charge >= 0.3 is 6.61 Å². The van der Waals surface area contributed by atoms with Crippen LogP contribution in [0.5, 0.6) is 5.75 Å². The molecule has 6 nitrogen and oxygen atoms in total. The van der Waals surface area contributed by atoms with Crippen molar-refractivity contribution in [3.63, 3.8) is 0 Å². The number of carbonyl (C=O) groups excluding carboxylic acids is 2. The van der Waals surface area contributed by atoms with E-state index in [4.69, 9.17) is 0 Å². The van der Waals surface area contributed by atoms with Crippen LogP contribution in [0, 0.1) is 0 Å². The Balaban J connectivity index is 1.49. The largest absolute Gasteiger partial charge is 0.435 e. The number of anilines is 1. The molecule has 1 unspecified atom stereocenters. The van der Waals surface area contributed by atoms with E-state index in [2.05, 4.69) is 10.1 Å². The number of carbonyl (C=O) groups is 2. The predicted molar refractivity (Wildman–Crippen MR) is 109 cm³/mol. The predicted octanol–water partition coefficient (Wildman–Crippen LogP) is 3.71. The normalized spacial score (nSPS) is 16.9. The molecule has 2 heterocycles. The number of alkyl halides is 2. The molecule has 0 radical (unpaired) electrons. The van der Waals surface area contributed by atoms with Crippen molar-refractivity contribution in [3.8, 4) is 5.75 Å². The second-order valence-corrected chi connectivity index (χ2v) is 7.18. The summed E-state index contributed by atoms with van der Waals surface area (Å²) in [7, 11) is 1.81. The summed E-state index contributed by atoms with van der Waals surface area (Å²) in [4.78, 5) is 27.4. The first kappa shape index (κ1) is 19.9. The van der Waals surface area contributed by atoms with E-state index < -0.39 is 12.7 Å². The maximum atomic E-state index is 13.0. The molecule has 30 heavy (non-hydrogen) atoms. The zero-order valence-electron chi connectivity index (χ0n) is 16.3. The Morgan fingerprint density at radius 1 is 1.17 bits per heavy atom. The molecule has 2 amide bonds. The van der Waals surface area contributed by atoms with E-state index in [9.17, 15) is 18.4 Å². The van der Waals surface area contributed by atoms with Crippen LogP contribution >= 0.6 is 0 Å². The van der Waals surface area contributed by atoms with Gasteiger partial charge in [-0.3, -0.25) is 9.59 Å². The molecule has 1 N–H and O–H groups in total. The van der Waals surface area contributed by atoms with E-state index in [-0.39, 0.29) is 17.6 Å². The molecular weight excluding hydrogens is 392 g/mol. The number of fused-ring (bicyclic) bond motifs is 1. The van der Waals surface area contributed by atoms with Gasteiger partial charge in [0.15, 0.2) is 0 Å². The Labute approximate surface area is 172 Å². The number of benzene rings is 2. The van der Waals surface area contributed by atoms with Crippen LogP contribution in [0.1, 0.15) is 23.3 Å². The molecular formula is C22H21F2N3O3. The maximum absolute atomic E-state index is 13.0. The minimum absolute atomic E-state index is 0.0267. The molecule has 2 aromatic carbocycles. The monoisotopic (exact) mass is 413 g/mol. The van der Waals surface area contributed by atoms with Crippen LogP contribution < -0.4 is 15.0 Å². The van der Waals surface area contributed by atoms with E-state index in [0.717, 1.165) is 10.9 Å². The number of amides is 2. The number of piperidine rings is 1. The molecule has 0 bridgehead atoms. The smallest absolute Gasteiger partial charge is 0.387 e. The third-order valence-electron chi connectivity index (χ3n) is 5.30. The lowest BCUT2D eigenvalue weighted by Crippen LogP contribution is -2.52. The number of ether oxygens (including phenoxy) is 1. The van der Waals surface area contributed by atoms with Gasteiger partial charge in [0, 0.05) is 30.2 Å². The number of para-hydroxylation sites is 1. The molecule has 1 aliphatic heterocycles. The average Bonchev–Trinajstić information content (AvgIpc) is 3.07. The van der Waals surface area contributed by atoms with Crippen LogP contribution in [0.15, 0.2) is 54.6 Å². The minimum atomic E-state index is -2.90. The van der Waals surface area contributed by atoms with Gasteiger partial charge in [-0.15, -0.1) is 0 Å². The fourth-order valence-electron chi connectivity index (χ4n) is 3.81. The van der Waals surface area contributed by atoms with E-state index in [1.165, 1.54) is 12.1 Å². The topological polar surface area (TPSA) is 63.6 Å². The first-order valence-electron chi connectivity index (χ1n) is 9.65. The molecule has 0 saturated carbocycles. The van der Waals surface area contributed by atoms with Gasteiger partial charge < -0.3 is 19.5 Å². The van der Waals surface area contributed by atoms with Gasteiger partial charge in [-0.1, -0.05) is 18.2 Å². The van der Waals surface area contributed by atoms with Crippen molar-refractivity contribution in [2.75, 3.05) is 11.4 Å². The Bertz CT molecular complexity index is 1080. The van der Waals surface area contributed by atoms with Crippen LogP contribution in [-0.4, -0.2) is 35.6 Å². The Hall–Kier alpha value is -3.42. The lowest BCUT2D eigenvalue weighted by atomic mass is 10.0. The quantitative estimate of drug-likeness (QED) is 0.694. The van der Waals surface area contributed by atoms with Crippen LogP contribution in [0.25, 0.3) is 10.9 Å². The van der Waals surface area contributed by atoms with Crippen LogP contribution in [-0.2, 0) is 11.8 Å². The summed E-state index contributed by atoms with van der Waals surface area (Å²) in [6, 6.07) is 14.7. The fraction of sp³-hybridized carbons (Fsp3) is 0.273. The number of rotatable bonds is 5. The second kappa shape index (κ2) is 8.14. The van der Waals surface area contributed by atoms with Gasteiger partial charge in [-0.2, -0.15) is 8.78 Å². The number of nitrogens with zero attached hydrogens (tertiary/aromatic N) is 2. The summed E-state index contributed by atoms with van der Waals surface area (Å²) < 4.78 is 30.8. The van der Waals surface area contributed by atoms with Crippen molar-refractivity contribution in [1.82, 2.24) is 9.88 Å². The molecule has 1 atom stereocenters. The Morgan fingerprint density at radius 3 is 2.60 bits per heavy atom. The van der Waals surface area contributed by atoms with Crippen LogP contribution in [0.4, 0.5) is 14.5 Å². The van der Waals surface area contributed by atoms with Gasteiger partial charge in [0.25, 0.3) is 5.91 Å². The first-order chi connectivity index (χ1) is 14.4. The zero-order chi connectivity index (χ0) is 21.3. The second-order valence-electron chi connectivity index (χ2n) is 7.18. The van der Waals surface area contributed by atoms with Gasteiger partial charge in [0.1, 0.15) is 17.5 Å². The number of hydrogen-bond acceptors (Lipinski definition) is 3. The summed E-state index contributed by atoms with van der Waals surface area (Å²) in [6.07, 6.45) is 1.25. The molecule has 1 saturated heterocycles. The number of nitrogens with one attached hydrogen (secondary N) is 1. The number of halogens is 2. The van der Waals surface area contributed by atoms with Crippen molar-refractivity contribution < 1.29 is 23.1 Å². The van der Waals surface area contributed by atoms with Gasteiger partial charge in [-0.05, 0) is 49.2 Å². The standard InChI is InChI=1S/C22H21F2N3O3/c1-26-18-7-3-2-5-14(18)13-19(26)20(28)25-17-6-4-12-27(21(17)29)15-8-10-16(11-9-15)30-22(23)24/h2-3,5,7-11,13,17,22H,4,6,12H2,1H3,(H,25,28). The van der Waals surface area contributed by atoms with Gasteiger partial charge in [-0.25, -0.2) is 0 Å². The summed E-state index contributed by atoms with van der Waals surface area (Å²) in [5.74, 6) is -0.510. The van der Waals surface area contributed by atoms with Crippen molar-refractivity contribution in [2.24, 2.45) is 7.05 Å². The van der Waals surface area contributed by atoms with E-state index in [0.29, 0.717) is 30.8 Å². The molecule has 1 aliphatic rings. The van der Waals surface area contributed by atoms with Crippen molar-refractivity contribution in [2.45, 2.75) is 25.5 Å². The summed E-state index contributed by atoms with van der Waals surface area (Å²) in [6.45, 7) is -2.41. The van der Waals surface area contributed by atoms with Crippen molar-refractivity contribution >= 4 is 28.4 Å². The molecule has 0 spiro atoms. The van der Waals surface area contributed by atoms with Crippen molar-refractivity contribution in [1.29, 1.82) is 0 Å². The highest BCUT2D eigenvalue weighted by molar-refractivity contribution is 6.04. The number of aromatic nitrogens is 1. The molecule has 1 aromatic heterocycles. The Morgan fingerprint density at radius 2 is 1.90 bits per heavy atom. The summed E-state index contributed by atoms with van der Waals surface area (Å²) >= 11 is 0. The van der Waals surface area contributed by atoms with Crippen LogP contribution in [0.3, 0.4) is 0 Å². The van der Waals surface area contributed by atoms with Crippen LogP contribution in [0.2, 0.25) is 0 Å². The number of aryl methyl sites for hydroxylation is 1. The van der Waals surface area contributed by atoms with Gasteiger partial charge in [0.2, 0.25) is 5.91 Å². The molecule has 4 rings (SSSR count). The maximum Gasteiger partial charge on any atom is 0.387 e. The third kappa shape index (κ3) is 3.85. The summed E-state index contributed by atoms with van der Waals surface area (Å²) in [5.41, 5.74) is 1.99. The highest BCUT2D eigenvalue weighted by Gasteiger charge is 2.31. The third-order valence-corrected chi connectivity index (χ3v) is 5.30. The van der Waals surface area contributed by atoms with E-state index in [1.807, 2.05) is 31.3 Å². The van der Waals surface area contributed by atoms with Crippen molar-refractivity contribution in [3.05, 3.63) is 60.3 Å². The lowest BCUT2D eigenvalue weighted by Gasteiger charge is -2.32. The van der Waals surface area contributed by atoms with E-state index >= 15 is 0 Å². The molecule has 8 heteroatoms. The highest BCUT2D eigenvalue weighted by Crippen LogP contribution is 2.25. The first-order valence-corrected chi connectivity index (χ1v) is 9.65. The molecule has 3 aromatic rings. The lowest BCUT2D eigenvalue weighted by molar-refractivity contribution is -0.121. The SMILES string of the molecule is Cn1c(C(=O)NC2CCCN(c3ccc(OC(F)F)cc3)C2=O)cc2ccccc21. The zero-order valence-corrected chi connectivity index (χ0v) is 16.3. The fourth-order valence-corrected chi connectivity index (χ4v) is 3.81. The molecule has 156 valence electrons.